The van der Waals surface area contributed by atoms with Crippen LogP contribution in [-0.2, 0) is 0 Å². The van der Waals surface area contributed by atoms with Gasteiger partial charge >= 0.3 is 5.97 Å². The average Bonchev–Trinajstić information content (AvgIpc) is 2.32. The fraction of sp³-hybridized carbons (Fsp3) is 0.462. The van der Waals surface area contributed by atoms with E-state index in [0.717, 1.165) is 17.7 Å². The Bertz CT molecular complexity index is 432. The summed E-state index contributed by atoms with van der Waals surface area (Å²) in [5.74, 6) is -1.03. The molecule has 0 spiro atoms. The number of aryl methyl sites for hydroxylation is 1. The van der Waals surface area contributed by atoms with E-state index in [0.29, 0.717) is 12.1 Å². The second-order valence-corrected chi connectivity index (χ2v) is 4.32. The van der Waals surface area contributed by atoms with Crippen molar-refractivity contribution < 1.29 is 15.0 Å². The van der Waals surface area contributed by atoms with Gasteiger partial charge in [0, 0.05) is 24.0 Å². The van der Waals surface area contributed by atoms with Crippen LogP contribution in [-0.4, -0.2) is 28.8 Å². The highest BCUT2D eigenvalue weighted by molar-refractivity contribution is 5.95. The predicted octanol–water partition coefficient (Wildman–Crippen LogP) is 1.85. The fourth-order valence-electron chi connectivity index (χ4n) is 1.83. The van der Waals surface area contributed by atoms with Crippen molar-refractivity contribution in [1.29, 1.82) is 0 Å². The molecule has 5 N–H and O–H groups in total. The molecule has 5 heteroatoms. The van der Waals surface area contributed by atoms with Gasteiger partial charge in [-0.15, -0.1) is 0 Å². The molecular formula is C13H20N2O3. The zero-order chi connectivity index (χ0) is 13.7. The van der Waals surface area contributed by atoms with Gasteiger partial charge in [-0.2, -0.15) is 0 Å². The Hall–Kier alpha value is -1.75. The lowest BCUT2D eigenvalue weighted by atomic mass is 10.1. The number of aliphatic hydroxyl groups excluding tert-OH is 1. The van der Waals surface area contributed by atoms with Crippen molar-refractivity contribution in [1.82, 2.24) is 0 Å². The minimum Gasteiger partial charge on any atom is -0.478 e. The molecule has 1 unspecified atom stereocenters. The van der Waals surface area contributed by atoms with Gasteiger partial charge in [-0.25, -0.2) is 4.79 Å². The van der Waals surface area contributed by atoms with Crippen LogP contribution in [0.15, 0.2) is 12.1 Å². The smallest absolute Gasteiger partial charge is 0.337 e. The first-order chi connectivity index (χ1) is 8.49. The van der Waals surface area contributed by atoms with Gasteiger partial charge < -0.3 is 21.3 Å². The van der Waals surface area contributed by atoms with Crippen molar-refractivity contribution in [3.8, 4) is 0 Å². The second kappa shape index (κ2) is 6.26. The normalized spacial score (nSPS) is 12.2. The van der Waals surface area contributed by atoms with E-state index in [9.17, 15) is 4.79 Å². The van der Waals surface area contributed by atoms with Gasteiger partial charge in [-0.1, -0.05) is 6.92 Å². The molecule has 0 aliphatic rings. The Morgan fingerprint density at radius 1 is 1.50 bits per heavy atom. The maximum Gasteiger partial charge on any atom is 0.337 e. The van der Waals surface area contributed by atoms with E-state index in [2.05, 4.69) is 5.32 Å². The van der Waals surface area contributed by atoms with Crippen molar-refractivity contribution in [3.63, 3.8) is 0 Å². The van der Waals surface area contributed by atoms with Crippen LogP contribution in [0.25, 0.3) is 0 Å². The number of carboxylic acids is 1. The minimum atomic E-state index is -1.03. The Morgan fingerprint density at radius 3 is 2.67 bits per heavy atom. The zero-order valence-corrected chi connectivity index (χ0v) is 10.7. The summed E-state index contributed by atoms with van der Waals surface area (Å²) in [6, 6.07) is 3.48. The number of hydrogen-bond donors (Lipinski definition) is 4. The molecule has 0 bridgehead atoms. The SMILES string of the molecule is CCC(CCO)Nc1cc(C)c(N)c(C(=O)O)c1. The average molecular weight is 252 g/mol. The number of carbonyl (C=O) groups is 1. The Kier molecular flexibility index (Phi) is 4.97. The first-order valence-electron chi connectivity index (χ1n) is 6.00. The number of hydrogen-bond acceptors (Lipinski definition) is 4. The predicted molar refractivity (Wildman–Crippen MR) is 72.0 cm³/mol. The third-order valence-corrected chi connectivity index (χ3v) is 2.96. The lowest BCUT2D eigenvalue weighted by molar-refractivity contribution is 0.0698. The summed E-state index contributed by atoms with van der Waals surface area (Å²) in [7, 11) is 0. The third-order valence-electron chi connectivity index (χ3n) is 2.96. The number of aromatic carboxylic acids is 1. The highest BCUT2D eigenvalue weighted by Crippen LogP contribution is 2.24. The maximum atomic E-state index is 11.1. The number of nitrogen functional groups attached to an aromatic ring is 1. The molecule has 0 fully saturated rings. The molecule has 0 saturated carbocycles. The molecule has 1 rings (SSSR count). The molecule has 0 aromatic heterocycles. The van der Waals surface area contributed by atoms with Gasteiger partial charge in [0.1, 0.15) is 0 Å². The Labute approximate surface area is 107 Å². The summed E-state index contributed by atoms with van der Waals surface area (Å²) in [5, 5.41) is 21.2. The highest BCUT2D eigenvalue weighted by Gasteiger charge is 2.13. The van der Waals surface area contributed by atoms with Gasteiger partial charge in [-0.05, 0) is 37.5 Å². The van der Waals surface area contributed by atoms with Crippen LogP contribution in [0.4, 0.5) is 11.4 Å². The number of anilines is 2. The molecule has 0 radical (unpaired) electrons. The van der Waals surface area contributed by atoms with Gasteiger partial charge in [0.05, 0.1) is 5.56 Å². The van der Waals surface area contributed by atoms with Crippen molar-refractivity contribution in [2.75, 3.05) is 17.7 Å². The number of nitrogens with one attached hydrogen (secondary N) is 1. The Morgan fingerprint density at radius 2 is 2.17 bits per heavy atom. The molecule has 5 nitrogen and oxygen atoms in total. The summed E-state index contributed by atoms with van der Waals surface area (Å²) in [5.41, 5.74) is 7.58. The van der Waals surface area contributed by atoms with Crippen LogP contribution in [0.2, 0.25) is 0 Å². The van der Waals surface area contributed by atoms with Gasteiger partial charge in [0.2, 0.25) is 0 Å². The summed E-state index contributed by atoms with van der Waals surface area (Å²) >= 11 is 0. The van der Waals surface area contributed by atoms with Gasteiger partial charge in [0.25, 0.3) is 0 Å². The largest absolute Gasteiger partial charge is 0.478 e. The molecule has 1 atom stereocenters. The Balaban J connectivity index is 2.99. The van der Waals surface area contributed by atoms with Crippen molar-refractivity contribution >= 4 is 17.3 Å². The van der Waals surface area contributed by atoms with Crippen LogP contribution in [0.3, 0.4) is 0 Å². The van der Waals surface area contributed by atoms with Crippen molar-refractivity contribution in [2.24, 2.45) is 0 Å². The van der Waals surface area contributed by atoms with Crippen LogP contribution in [0, 0.1) is 6.92 Å². The van der Waals surface area contributed by atoms with Crippen LogP contribution < -0.4 is 11.1 Å². The summed E-state index contributed by atoms with van der Waals surface area (Å²) < 4.78 is 0. The number of rotatable bonds is 6. The summed E-state index contributed by atoms with van der Waals surface area (Å²) in [4.78, 5) is 11.1. The second-order valence-electron chi connectivity index (χ2n) is 4.32. The molecule has 0 aliphatic heterocycles. The summed E-state index contributed by atoms with van der Waals surface area (Å²) in [6.07, 6.45) is 1.48. The lowest BCUT2D eigenvalue weighted by Crippen LogP contribution is -2.20. The minimum absolute atomic E-state index is 0.102. The van der Waals surface area contributed by atoms with E-state index < -0.39 is 5.97 Å². The van der Waals surface area contributed by atoms with E-state index >= 15 is 0 Å². The van der Waals surface area contributed by atoms with E-state index in [1.165, 1.54) is 6.07 Å². The molecule has 1 aromatic rings. The van der Waals surface area contributed by atoms with E-state index in [4.69, 9.17) is 15.9 Å². The molecular weight excluding hydrogens is 232 g/mol. The standard InChI is InChI=1S/C13H20N2O3/c1-3-9(4-5-16)15-10-6-8(2)12(14)11(7-10)13(17)18/h6-7,9,15-16H,3-5,14H2,1-2H3,(H,17,18). The monoisotopic (exact) mass is 252 g/mol. The van der Waals surface area contributed by atoms with Gasteiger partial charge in [0.15, 0.2) is 0 Å². The van der Waals surface area contributed by atoms with E-state index in [1.54, 1.807) is 6.92 Å². The maximum absolute atomic E-state index is 11.1. The van der Waals surface area contributed by atoms with Crippen molar-refractivity contribution in [3.05, 3.63) is 23.3 Å². The first kappa shape index (κ1) is 14.3. The fourth-order valence-corrected chi connectivity index (χ4v) is 1.83. The molecule has 0 heterocycles. The molecule has 1 aromatic carbocycles. The molecule has 0 aliphatic carbocycles. The number of benzene rings is 1. The quantitative estimate of drug-likeness (QED) is 0.579. The molecule has 0 saturated heterocycles. The number of nitrogens with two attached hydrogens (primary N) is 1. The number of aliphatic hydroxyl groups is 1. The zero-order valence-electron chi connectivity index (χ0n) is 10.7. The van der Waals surface area contributed by atoms with Gasteiger partial charge in [-0.3, -0.25) is 0 Å². The topological polar surface area (TPSA) is 95.6 Å². The molecule has 18 heavy (non-hydrogen) atoms. The summed E-state index contributed by atoms with van der Waals surface area (Å²) in [6.45, 7) is 3.89. The van der Waals surface area contributed by atoms with Crippen LogP contribution >= 0.6 is 0 Å². The van der Waals surface area contributed by atoms with Crippen molar-refractivity contribution in [2.45, 2.75) is 32.7 Å². The third kappa shape index (κ3) is 3.37. The van der Waals surface area contributed by atoms with Crippen LogP contribution in [0.5, 0.6) is 0 Å². The van der Waals surface area contributed by atoms with Crippen LogP contribution in [0.1, 0.15) is 35.7 Å². The molecule has 100 valence electrons. The molecule has 0 amide bonds. The lowest BCUT2D eigenvalue weighted by Gasteiger charge is -2.18. The first-order valence-corrected chi connectivity index (χ1v) is 6.00. The van der Waals surface area contributed by atoms with E-state index in [1.807, 2.05) is 13.0 Å². The highest BCUT2D eigenvalue weighted by atomic mass is 16.4. The van der Waals surface area contributed by atoms with E-state index in [-0.39, 0.29) is 18.2 Å². The number of carboxylic acid groups (broad SMARTS) is 1.